The number of anilines is 1. The number of aliphatic carboxylic acids is 1. The van der Waals surface area contributed by atoms with Gasteiger partial charge >= 0.3 is 12.1 Å². The van der Waals surface area contributed by atoms with Gasteiger partial charge in [-0.15, -0.1) is 11.8 Å². The molecule has 3 fully saturated rings. The molecule has 0 spiro atoms. The van der Waals surface area contributed by atoms with Gasteiger partial charge in [0.1, 0.15) is 22.7 Å². The van der Waals surface area contributed by atoms with E-state index >= 15 is 0 Å². The molecular weight excluding hydrogens is 833 g/mol. The molecule has 3 atom stereocenters. The summed E-state index contributed by atoms with van der Waals surface area (Å²) >= 11 is 2.11. The molecule has 0 bridgehead atoms. The molecule has 62 heavy (non-hydrogen) atoms. The standard InChI is InChI=1S/C44H44N8O8S2/c1-43(2,3)59-42(58)50-21-20-31(24-50)51-22-19-26(37(51)54)23-27-25-61-39-33(38(55)52(39)34(27)40(56)57)46-36(53)32(35-47-41(45)62-49-35)48-60-44(28-13-7-4-8-14-28,29-15-9-5-10-16-29)30-17-11-6-12-18-30/h4-18,23,31,33,39H,19-22,24-25H2,1-3H3,(H,46,53)(H,56,57)(H2,45,47,49)/t31-,33-,39-/m1/s1. The number of carbonyl (C=O) groups excluding carboxylic acids is 4. The van der Waals surface area contributed by atoms with Crippen LogP contribution in [-0.4, -0.2) is 113 Å². The van der Waals surface area contributed by atoms with Crippen molar-refractivity contribution in [3.8, 4) is 0 Å². The molecule has 320 valence electrons. The number of carboxylic acids is 1. The van der Waals surface area contributed by atoms with Crippen molar-refractivity contribution in [1.29, 1.82) is 0 Å². The molecule has 4 aliphatic heterocycles. The molecule has 4 amide bonds. The third kappa shape index (κ3) is 8.14. The van der Waals surface area contributed by atoms with Crippen molar-refractivity contribution < 1.29 is 38.7 Å². The molecule has 0 radical (unpaired) electrons. The summed E-state index contributed by atoms with van der Waals surface area (Å²) in [5, 5.41) is 16.9. The lowest BCUT2D eigenvalue weighted by Gasteiger charge is -2.49. The molecule has 8 rings (SSSR count). The number of amides is 4. The Labute approximate surface area is 365 Å². The van der Waals surface area contributed by atoms with Crippen LogP contribution < -0.4 is 11.1 Å². The van der Waals surface area contributed by atoms with Gasteiger partial charge in [-0.05, 0) is 45.3 Å². The van der Waals surface area contributed by atoms with E-state index in [1.54, 1.807) is 36.6 Å². The van der Waals surface area contributed by atoms with Gasteiger partial charge in [0.25, 0.3) is 11.8 Å². The largest absolute Gasteiger partial charge is 0.477 e. The van der Waals surface area contributed by atoms with Crippen molar-refractivity contribution >= 4 is 63.9 Å². The highest BCUT2D eigenvalue weighted by Gasteiger charge is 2.55. The smallest absolute Gasteiger partial charge is 0.410 e. The van der Waals surface area contributed by atoms with E-state index in [1.165, 1.54) is 11.8 Å². The predicted octanol–water partition coefficient (Wildman–Crippen LogP) is 4.74. The topological polar surface area (TPSA) is 210 Å². The minimum Gasteiger partial charge on any atom is -0.477 e. The van der Waals surface area contributed by atoms with Crippen LogP contribution in [0.3, 0.4) is 0 Å². The number of nitrogens with zero attached hydrogens (tertiary/aromatic N) is 6. The Hall–Kier alpha value is -6.53. The Morgan fingerprint density at radius 1 is 0.935 bits per heavy atom. The van der Waals surface area contributed by atoms with Crippen LogP contribution in [0.5, 0.6) is 0 Å². The van der Waals surface area contributed by atoms with Crippen LogP contribution >= 0.6 is 23.3 Å². The lowest BCUT2D eigenvalue weighted by molar-refractivity contribution is -0.150. The van der Waals surface area contributed by atoms with Gasteiger partial charge in [0, 0.05) is 59.2 Å². The molecule has 5 heterocycles. The first-order chi connectivity index (χ1) is 29.7. The second-order valence-electron chi connectivity index (χ2n) is 16.1. The van der Waals surface area contributed by atoms with Crippen LogP contribution in [0.1, 0.15) is 56.1 Å². The Bertz CT molecular complexity index is 2390. The van der Waals surface area contributed by atoms with Crippen LogP contribution in [0.25, 0.3) is 0 Å². The van der Waals surface area contributed by atoms with Gasteiger partial charge in [-0.3, -0.25) is 19.3 Å². The molecule has 0 unspecified atom stereocenters. The average molecular weight is 877 g/mol. The summed E-state index contributed by atoms with van der Waals surface area (Å²) in [6, 6.07) is 26.9. The summed E-state index contributed by atoms with van der Waals surface area (Å²) in [6.07, 6.45) is 2.09. The lowest BCUT2D eigenvalue weighted by atomic mass is 9.80. The number of allylic oxidation sites excluding steroid dienone is 1. The molecular formula is C44H44N8O8S2. The van der Waals surface area contributed by atoms with Crippen molar-refractivity contribution in [2.75, 3.05) is 31.1 Å². The molecule has 4 aromatic rings. The maximum absolute atomic E-state index is 14.3. The summed E-state index contributed by atoms with van der Waals surface area (Å²) in [4.78, 5) is 82.5. The molecule has 3 saturated heterocycles. The van der Waals surface area contributed by atoms with Crippen molar-refractivity contribution in [2.24, 2.45) is 5.16 Å². The van der Waals surface area contributed by atoms with Gasteiger partial charge in [-0.25, -0.2) is 9.59 Å². The zero-order chi connectivity index (χ0) is 43.8. The van der Waals surface area contributed by atoms with E-state index in [1.807, 2.05) is 91.0 Å². The predicted molar refractivity (Wildman–Crippen MR) is 231 cm³/mol. The second kappa shape index (κ2) is 17.1. The van der Waals surface area contributed by atoms with E-state index in [-0.39, 0.29) is 40.1 Å². The zero-order valence-corrected chi connectivity index (χ0v) is 35.7. The number of fused-ring (bicyclic) bond motifs is 1. The van der Waals surface area contributed by atoms with Gasteiger partial charge in [0.05, 0.1) is 6.04 Å². The minimum atomic E-state index is -1.36. The summed E-state index contributed by atoms with van der Waals surface area (Å²) < 4.78 is 9.76. The van der Waals surface area contributed by atoms with Crippen molar-refractivity contribution in [3.63, 3.8) is 0 Å². The van der Waals surface area contributed by atoms with Gasteiger partial charge in [-0.2, -0.15) is 9.36 Å². The maximum Gasteiger partial charge on any atom is 0.410 e. The Morgan fingerprint density at radius 3 is 2.10 bits per heavy atom. The number of likely N-dealkylation sites (tertiary alicyclic amines) is 2. The lowest BCUT2D eigenvalue weighted by Crippen LogP contribution is -2.71. The summed E-state index contributed by atoms with van der Waals surface area (Å²) in [6.45, 7) is 6.59. The van der Waals surface area contributed by atoms with Gasteiger partial charge in [0.2, 0.25) is 23.0 Å². The first-order valence-electron chi connectivity index (χ1n) is 20.0. The first-order valence-corrected chi connectivity index (χ1v) is 21.8. The molecule has 4 aliphatic rings. The van der Waals surface area contributed by atoms with E-state index in [0.717, 1.165) is 16.4 Å². The highest BCUT2D eigenvalue weighted by Crippen LogP contribution is 2.43. The number of rotatable bonds is 11. The molecule has 0 aliphatic carbocycles. The number of β-lactam (4-membered cyclic amide) rings is 1. The molecule has 1 aromatic heterocycles. The van der Waals surface area contributed by atoms with Crippen LogP contribution in [0.4, 0.5) is 9.93 Å². The van der Waals surface area contributed by atoms with Crippen LogP contribution in [-0.2, 0) is 34.4 Å². The number of nitrogens with one attached hydrogen (secondary N) is 1. The third-order valence-electron chi connectivity index (χ3n) is 10.9. The number of thioether (sulfide) groups is 1. The quantitative estimate of drug-likeness (QED) is 0.0614. The summed E-state index contributed by atoms with van der Waals surface area (Å²) in [5.41, 5.74) is 6.21. The summed E-state index contributed by atoms with van der Waals surface area (Å²) in [5.74, 6) is -3.06. The SMILES string of the molecule is CC(C)(C)OC(=O)N1CC[C@@H](N2CCC(=CC3=C(C(=O)O)N4C(=O)[C@@H](NC(=O)C(=NOC(c5ccccc5)(c5ccccc5)c5ccccc5)c5nsc(N)n5)[C@H]4SC3)C2=O)C1. The van der Waals surface area contributed by atoms with E-state index in [0.29, 0.717) is 60.3 Å². The number of hydrogen-bond acceptors (Lipinski definition) is 13. The van der Waals surface area contributed by atoms with E-state index < -0.39 is 46.5 Å². The number of hydrogen-bond donors (Lipinski definition) is 3. The number of carbonyl (C=O) groups is 5. The second-order valence-corrected chi connectivity index (χ2v) is 18.0. The fourth-order valence-electron chi connectivity index (χ4n) is 8.08. The molecule has 18 heteroatoms. The number of aromatic nitrogens is 2. The Kier molecular flexibility index (Phi) is 11.6. The normalized spacial score (nSPS) is 21.2. The fraction of sp³-hybridized carbons (Fsp3) is 0.318. The van der Waals surface area contributed by atoms with Crippen molar-refractivity contribution in [3.05, 3.63) is 136 Å². The van der Waals surface area contributed by atoms with Crippen LogP contribution in [0.2, 0.25) is 0 Å². The monoisotopic (exact) mass is 876 g/mol. The van der Waals surface area contributed by atoms with Crippen molar-refractivity contribution in [1.82, 2.24) is 29.4 Å². The maximum atomic E-state index is 14.3. The van der Waals surface area contributed by atoms with Crippen LogP contribution in [0, 0.1) is 0 Å². The fourth-order valence-corrected chi connectivity index (χ4v) is 9.82. The number of ether oxygens (including phenoxy) is 1. The number of oxime groups is 1. The summed E-state index contributed by atoms with van der Waals surface area (Å²) in [7, 11) is 0. The number of carboxylic acid groups (broad SMARTS) is 1. The third-order valence-corrected chi connectivity index (χ3v) is 12.8. The number of nitrogen functional groups attached to an aromatic ring is 1. The zero-order valence-electron chi connectivity index (χ0n) is 34.1. The van der Waals surface area contributed by atoms with E-state index in [2.05, 4.69) is 19.8 Å². The Balaban J connectivity index is 1.03. The minimum absolute atomic E-state index is 0.0717. The average Bonchev–Trinajstić information content (AvgIpc) is 4.02. The highest BCUT2D eigenvalue weighted by atomic mass is 32.2. The van der Waals surface area contributed by atoms with Gasteiger partial charge in [-0.1, -0.05) is 96.2 Å². The first kappa shape index (κ1) is 42.2. The van der Waals surface area contributed by atoms with Crippen LogP contribution in [0.15, 0.2) is 119 Å². The highest BCUT2D eigenvalue weighted by molar-refractivity contribution is 8.00. The molecule has 3 aromatic carbocycles. The Morgan fingerprint density at radius 2 is 1.55 bits per heavy atom. The molecule has 16 nitrogen and oxygen atoms in total. The molecule has 0 saturated carbocycles. The van der Waals surface area contributed by atoms with Gasteiger partial charge in [0.15, 0.2) is 5.13 Å². The van der Waals surface area contributed by atoms with Gasteiger partial charge < -0.3 is 35.5 Å². The molecule has 4 N–H and O–H groups in total. The number of nitrogens with two attached hydrogens (primary N) is 1. The number of benzene rings is 3. The van der Waals surface area contributed by atoms with E-state index in [9.17, 15) is 29.1 Å². The van der Waals surface area contributed by atoms with E-state index in [4.69, 9.17) is 15.3 Å². The van der Waals surface area contributed by atoms with Crippen molar-refractivity contribution in [2.45, 2.75) is 62.3 Å².